The summed E-state index contributed by atoms with van der Waals surface area (Å²) in [6.45, 7) is 2.04. The Balaban J connectivity index is 1.60. The van der Waals surface area contributed by atoms with Crippen LogP contribution in [0.4, 0.5) is 0 Å². The maximum atomic E-state index is 12.7. The maximum Gasteiger partial charge on any atom is 0.194 e. The monoisotopic (exact) mass is 340 g/mol. The zero-order valence-corrected chi connectivity index (χ0v) is 14.2. The standard InChI is InChI=1S/C23H16O3/c1-15-6-8-16(9-7-15)12-13-26-17-10-11-20-21(14-17)23(25)19-5-3-2-4-18(19)22(20)24/h2-14H,1H3. The van der Waals surface area contributed by atoms with E-state index in [1.54, 1.807) is 48.7 Å². The molecule has 26 heavy (non-hydrogen) atoms. The quantitative estimate of drug-likeness (QED) is 0.502. The number of rotatable bonds is 3. The van der Waals surface area contributed by atoms with Crippen molar-refractivity contribution in [1.29, 1.82) is 0 Å². The van der Waals surface area contributed by atoms with E-state index in [2.05, 4.69) is 0 Å². The normalized spacial score (nSPS) is 12.8. The molecule has 0 atom stereocenters. The summed E-state index contributed by atoms with van der Waals surface area (Å²) in [5, 5.41) is 0. The Morgan fingerprint density at radius 1 is 0.731 bits per heavy atom. The molecule has 0 radical (unpaired) electrons. The zero-order chi connectivity index (χ0) is 18.1. The third-order valence-electron chi connectivity index (χ3n) is 4.44. The van der Waals surface area contributed by atoms with Crippen molar-refractivity contribution in [1.82, 2.24) is 0 Å². The average molecular weight is 340 g/mol. The van der Waals surface area contributed by atoms with Gasteiger partial charge in [0.05, 0.1) is 6.26 Å². The second-order valence-electron chi connectivity index (χ2n) is 6.24. The number of benzene rings is 3. The minimum absolute atomic E-state index is 0.128. The van der Waals surface area contributed by atoms with Crippen molar-refractivity contribution in [2.24, 2.45) is 0 Å². The largest absolute Gasteiger partial charge is 0.465 e. The van der Waals surface area contributed by atoms with Gasteiger partial charge in [0, 0.05) is 22.3 Å². The lowest BCUT2D eigenvalue weighted by molar-refractivity contribution is 0.0979. The first-order valence-electron chi connectivity index (χ1n) is 8.36. The SMILES string of the molecule is Cc1ccc(C=COc2ccc3c(c2)C(=O)c2ccccc2C3=O)cc1. The first-order valence-corrected chi connectivity index (χ1v) is 8.36. The summed E-state index contributed by atoms with van der Waals surface area (Å²) >= 11 is 0. The molecule has 0 N–H and O–H groups in total. The van der Waals surface area contributed by atoms with E-state index >= 15 is 0 Å². The van der Waals surface area contributed by atoms with E-state index in [1.165, 1.54) is 5.56 Å². The van der Waals surface area contributed by atoms with Gasteiger partial charge >= 0.3 is 0 Å². The predicted octanol–water partition coefficient (Wildman–Crippen LogP) is 4.82. The molecule has 0 amide bonds. The Kier molecular flexibility index (Phi) is 3.98. The minimum Gasteiger partial charge on any atom is -0.465 e. The highest BCUT2D eigenvalue weighted by molar-refractivity contribution is 6.28. The van der Waals surface area contributed by atoms with Crippen LogP contribution >= 0.6 is 0 Å². The van der Waals surface area contributed by atoms with Crippen LogP contribution in [0.1, 0.15) is 43.0 Å². The van der Waals surface area contributed by atoms with Gasteiger partial charge < -0.3 is 4.74 Å². The molecule has 126 valence electrons. The Hall–Kier alpha value is -3.46. The Morgan fingerprint density at radius 2 is 1.35 bits per heavy atom. The molecule has 1 aliphatic carbocycles. The number of hydrogen-bond acceptors (Lipinski definition) is 3. The first-order chi connectivity index (χ1) is 12.6. The van der Waals surface area contributed by atoms with Gasteiger partial charge in [0.1, 0.15) is 5.75 Å². The van der Waals surface area contributed by atoms with Gasteiger partial charge in [-0.1, -0.05) is 54.1 Å². The lowest BCUT2D eigenvalue weighted by Gasteiger charge is -2.17. The van der Waals surface area contributed by atoms with E-state index in [-0.39, 0.29) is 11.6 Å². The number of carbonyl (C=O) groups is 2. The van der Waals surface area contributed by atoms with Gasteiger partial charge in [-0.15, -0.1) is 0 Å². The highest BCUT2D eigenvalue weighted by Gasteiger charge is 2.29. The van der Waals surface area contributed by atoms with E-state index < -0.39 is 0 Å². The molecular formula is C23H16O3. The first kappa shape index (κ1) is 16.0. The topological polar surface area (TPSA) is 43.4 Å². The summed E-state index contributed by atoms with van der Waals surface area (Å²) in [7, 11) is 0. The van der Waals surface area contributed by atoms with E-state index in [4.69, 9.17) is 4.74 Å². The predicted molar refractivity (Wildman–Crippen MR) is 101 cm³/mol. The molecule has 3 heteroatoms. The van der Waals surface area contributed by atoms with Crippen molar-refractivity contribution in [3.05, 3.63) is 106 Å². The molecule has 1 aliphatic rings. The maximum absolute atomic E-state index is 12.7. The van der Waals surface area contributed by atoms with Gasteiger partial charge in [0.2, 0.25) is 0 Å². The van der Waals surface area contributed by atoms with Crippen LogP contribution in [-0.2, 0) is 0 Å². The fourth-order valence-electron chi connectivity index (χ4n) is 3.02. The third-order valence-corrected chi connectivity index (χ3v) is 4.44. The molecular weight excluding hydrogens is 324 g/mol. The van der Waals surface area contributed by atoms with Crippen molar-refractivity contribution in [3.8, 4) is 5.75 Å². The lowest BCUT2D eigenvalue weighted by atomic mass is 9.84. The lowest BCUT2D eigenvalue weighted by Crippen LogP contribution is -2.20. The number of ketones is 2. The molecule has 3 nitrogen and oxygen atoms in total. The summed E-state index contributed by atoms with van der Waals surface area (Å²) in [6, 6.07) is 19.9. The second-order valence-corrected chi connectivity index (χ2v) is 6.24. The van der Waals surface area contributed by atoms with Crippen LogP contribution in [0.3, 0.4) is 0 Å². The Labute approximate surface area is 151 Å². The van der Waals surface area contributed by atoms with Crippen molar-refractivity contribution in [2.45, 2.75) is 6.92 Å². The van der Waals surface area contributed by atoms with Crippen LogP contribution in [-0.4, -0.2) is 11.6 Å². The molecule has 3 aromatic carbocycles. The van der Waals surface area contributed by atoms with E-state index in [0.29, 0.717) is 28.0 Å². The van der Waals surface area contributed by atoms with E-state index in [9.17, 15) is 9.59 Å². The molecule has 0 heterocycles. The summed E-state index contributed by atoms with van der Waals surface area (Å²) < 4.78 is 5.63. The van der Waals surface area contributed by atoms with Gasteiger partial charge in [-0.2, -0.15) is 0 Å². The van der Waals surface area contributed by atoms with E-state index in [0.717, 1.165) is 5.56 Å². The molecule has 0 fully saturated rings. The summed E-state index contributed by atoms with van der Waals surface area (Å²) in [4.78, 5) is 25.3. The fraction of sp³-hybridized carbons (Fsp3) is 0.0435. The fourth-order valence-corrected chi connectivity index (χ4v) is 3.02. The number of carbonyl (C=O) groups excluding carboxylic acids is 2. The van der Waals surface area contributed by atoms with Crippen molar-refractivity contribution in [2.75, 3.05) is 0 Å². The van der Waals surface area contributed by atoms with Crippen LogP contribution in [0.25, 0.3) is 6.08 Å². The number of fused-ring (bicyclic) bond motifs is 2. The molecule has 4 rings (SSSR count). The highest BCUT2D eigenvalue weighted by Crippen LogP contribution is 2.29. The number of aryl methyl sites for hydroxylation is 1. The number of hydrogen-bond donors (Lipinski definition) is 0. The smallest absolute Gasteiger partial charge is 0.194 e. The summed E-state index contributed by atoms with van der Waals surface area (Å²) in [5.41, 5.74) is 3.92. The second kappa shape index (κ2) is 6.45. The summed E-state index contributed by atoms with van der Waals surface area (Å²) in [6.07, 6.45) is 3.43. The third kappa shape index (κ3) is 2.84. The van der Waals surface area contributed by atoms with Gasteiger partial charge in [-0.3, -0.25) is 9.59 Å². The van der Waals surface area contributed by atoms with Gasteiger partial charge in [-0.25, -0.2) is 0 Å². The van der Waals surface area contributed by atoms with Crippen LogP contribution in [0.15, 0.2) is 73.0 Å². The van der Waals surface area contributed by atoms with E-state index in [1.807, 2.05) is 37.3 Å². The van der Waals surface area contributed by atoms with Crippen molar-refractivity contribution < 1.29 is 14.3 Å². The van der Waals surface area contributed by atoms with Gasteiger partial charge in [-0.05, 0) is 36.8 Å². The summed E-state index contributed by atoms with van der Waals surface area (Å²) in [5.74, 6) is 0.243. The highest BCUT2D eigenvalue weighted by atomic mass is 16.5. The molecule has 0 unspecified atom stereocenters. The number of ether oxygens (including phenoxy) is 1. The van der Waals surface area contributed by atoms with Crippen LogP contribution in [0.2, 0.25) is 0 Å². The molecule has 3 aromatic rings. The van der Waals surface area contributed by atoms with Crippen molar-refractivity contribution in [3.63, 3.8) is 0 Å². The Bertz CT molecular complexity index is 1040. The zero-order valence-electron chi connectivity index (χ0n) is 14.2. The average Bonchev–Trinajstić information content (AvgIpc) is 2.67. The molecule has 0 bridgehead atoms. The van der Waals surface area contributed by atoms with Gasteiger partial charge in [0.15, 0.2) is 11.6 Å². The van der Waals surface area contributed by atoms with Crippen molar-refractivity contribution >= 4 is 17.6 Å². The molecule has 0 saturated heterocycles. The van der Waals surface area contributed by atoms with Gasteiger partial charge in [0.25, 0.3) is 0 Å². The molecule has 0 aliphatic heterocycles. The minimum atomic E-state index is -0.150. The molecule has 0 saturated carbocycles. The van der Waals surface area contributed by atoms with Crippen LogP contribution in [0.5, 0.6) is 5.75 Å². The Morgan fingerprint density at radius 3 is 2.04 bits per heavy atom. The van der Waals surface area contributed by atoms with Crippen LogP contribution in [0, 0.1) is 6.92 Å². The molecule has 0 aromatic heterocycles. The van der Waals surface area contributed by atoms with Crippen LogP contribution < -0.4 is 4.74 Å². The molecule has 0 spiro atoms.